The van der Waals surface area contributed by atoms with Crippen LogP contribution >= 0.6 is 0 Å². The van der Waals surface area contributed by atoms with Crippen LogP contribution in [0, 0.1) is 5.82 Å². The molecule has 0 aliphatic carbocycles. The predicted molar refractivity (Wildman–Crippen MR) is 100 cm³/mol. The lowest BCUT2D eigenvalue weighted by atomic mass is 10.1. The van der Waals surface area contributed by atoms with Crippen molar-refractivity contribution in [1.29, 1.82) is 0 Å². The molecule has 0 fully saturated rings. The molecule has 2 rings (SSSR count). The summed E-state index contributed by atoms with van der Waals surface area (Å²) in [7, 11) is 0. The first-order valence-electron chi connectivity index (χ1n) is 8.86. The third-order valence-corrected chi connectivity index (χ3v) is 3.93. The molecule has 1 N–H and O–H groups in total. The topological polar surface area (TPSA) is 72.5 Å². The van der Waals surface area contributed by atoms with E-state index in [9.17, 15) is 18.8 Å². The summed E-state index contributed by atoms with van der Waals surface area (Å²) in [5.74, 6) is -2.08. The van der Waals surface area contributed by atoms with Gasteiger partial charge in [0.1, 0.15) is 5.82 Å². The Morgan fingerprint density at radius 1 is 1.00 bits per heavy atom. The molecular formula is C21H22FNO4. The number of ketones is 1. The molecule has 27 heavy (non-hydrogen) atoms. The van der Waals surface area contributed by atoms with Crippen molar-refractivity contribution in [3.05, 3.63) is 65.5 Å². The van der Waals surface area contributed by atoms with Gasteiger partial charge in [0.05, 0.1) is 5.56 Å². The molecule has 0 heterocycles. The number of ether oxygens (including phenoxy) is 1. The average Bonchev–Trinajstić information content (AvgIpc) is 2.67. The first kappa shape index (κ1) is 20.3. The van der Waals surface area contributed by atoms with E-state index < -0.39 is 24.2 Å². The van der Waals surface area contributed by atoms with Crippen molar-refractivity contribution in [3.63, 3.8) is 0 Å². The molecule has 0 saturated heterocycles. The van der Waals surface area contributed by atoms with Gasteiger partial charge in [-0.2, -0.15) is 0 Å². The summed E-state index contributed by atoms with van der Waals surface area (Å²) in [6, 6.07) is 11.7. The molecule has 0 aliphatic heterocycles. The lowest BCUT2D eigenvalue weighted by molar-refractivity contribution is -0.116. The number of anilines is 1. The molecule has 2 aromatic rings. The maximum Gasteiger partial charge on any atom is 0.341 e. The first-order chi connectivity index (χ1) is 13.0. The van der Waals surface area contributed by atoms with Gasteiger partial charge in [-0.1, -0.05) is 31.9 Å². The fourth-order valence-electron chi connectivity index (χ4n) is 2.42. The summed E-state index contributed by atoms with van der Waals surface area (Å²) >= 11 is 0. The zero-order valence-corrected chi connectivity index (χ0v) is 15.2. The molecule has 6 heteroatoms. The number of amides is 1. The van der Waals surface area contributed by atoms with Crippen LogP contribution in [0.4, 0.5) is 10.1 Å². The van der Waals surface area contributed by atoms with Crippen LogP contribution in [0.1, 0.15) is 53.3 Å². The molecule has 0 bridgehead atoms. The number of hydrogen-bond acceptors (Lipinski definition) is 4. The molecule has 1 amide bonds. The van der Waals surface area contributed by atoms with E-state index in [-0.39, 0.29) is 11.5 Å². The number of unbranched alkanes of at least 4 members (excludes halogenated alkanes) is 2. The maximum atomic E-state index is 13.5. The van der Waals surface area contributed by atoms with E-state index in [0.29, 0.717) is 17.7 Å². The van der Waals surface area contributed by atoms with Crippen molar-refractivity contribution in [1.82, 2.24) is 0 Å². The highest BCUT2D eigenvalue weighted by molar-refractivity contribution is 6.00. The van der Waals surface area contributed by atoms with Gasteiger partial charge in [0.25, 0.3) is 0 Å². The van der Waals surface area contributed by atoms with E-state index in [0.717, 1.165) is 25.3 Å². The first-order valence-corrected chi connectivity index (χ1v) is 8.86. The highest BCUT2D eigenvalue weighted by Crippen LogP contribution is 2.13. The number of nitrogens with one attached hydrogen (secondary N) is 1. The van der Waals surface area contributed by atoms with Crippen molar-refractivity contribution in [2.45, 2.75) is 32.6 Å². The molecule has 0 spiro atoms. The number of rotatable bonds is 9. The van der Waals surface area contributed by atoms with E-state index >= 15 is 0 Å². The van der Waals surface area contributed by atoms with Gasteiger partial charge in [-0.25, -0.2) is 9.18 Å². The van der Waals surface area contributed by atoms with Crippen LogP contribution in [0.3, 0.4) is 0 Å². The van der Waals surface area contributed by atoms with Gasteiger partial charge < -0.3 is 10.1 Å². The SMILES string of the molecule is CCCCCC(=O)Nc1ccc(C(=O)COC(=O)c2ccccc2F)cc1. The highest BCUT2D eigenvalue weighted by Gasteiger charge is 2.15. The van der Waals surface area contributed by atoms with Crippen LogP contribution in [0.2, 0.25) is 0 Å². The summed E-state index contributed by atoms with van der Waals surface area (Å²) in [6.45, 7) is 1.58. The Morgan fingerprint density at radius 2 is 1.70 bits per heavy atom. The lowest BCUT2D eigenvalue weighted by Crippen LogP contribution is -2.15. The maximum absolute atomic E-state index is 13.5. The van der Waals surface area contributed by atoms with Crippen molar-refractivity contribution in [3.8, 4) is 0 Å². The van der Waals surface area contributed by atoms with Crippen LogP contribution in [0.15, 0.2) is 48.5 Å². The Morgan fingerprint density at radius 3 is 2.37 bits per heavy atom. The minimum Gasteiger partial charge on any atom is -0.454 e. The second-order valence-corrected chi connectivity index (χ2v) is 6.06. The minimum atomic E-state index is -0.891. The Labute approximate surface area is 157 Å². The summed E-state index contributed by atoms with van der Waals surface area (Å²) in [5, 5.41) is 2.77. The normalized spacial score (nSPS) is 10.3. The van der Waals surface area contributed by atoms with Crippen LogP contribution in [-0.2, 0) is 9.53 Å². The van der Waals surface area contributed by atoms with Gasteiger partial charge in [-0.15, -0.1) is 0 Å². The summed E-state index contributed by atoms with van der Waals surface area (Å²) < 4.78 is 18.4. The molecule has 0 aromatic heterocycles. The lowest BCUT2D eigenvalue weighted by Gasteiger charge is -2.07. The molecule has 5 nitrogen and oxygen atoms in total. The van der Waals surface area contributed by atoms with Crippen molar-refractivity contribution in [2.24, 2.45) is 0 Å². The van der Waals surface area contributed by atoms with Gasteiger partial charge in [0.2, 0.25) is 5.91 Å². The Balaban J connectivity index is 1.85. The second kappa shape index (κ2) is 10.2. The van der Waals surface area contributed by atoms with Gasteiger partial charge in [0, 0.05) is 17.7 Å². The molecule has 0 radical (unpaired) electrons. The second-order valence-electron chi connectivity index (χ2n) is 6.06. The average molecular weight is 371 g/mol. The van der Waals surface area contributed by atoms with Gasteiger partial charge in [-0.3, -0.25) is 9.59 Å². The number of carbonyl (C=O) groups is 3. The van der Waals surface area contributed by atoms with Gasteiger partial charge >= 0.3 is 5.97 Å². The number of carbonyl (C=O) groups excluding carboxylic acids is 3. The minimum absolute atomic E-state index is 0.0682. The fraction of sp³-hybridized carbons (Fsp3) is 0.286. The van der Waals surface area contributed by atoms with Crippen LogP contribution in [0.25, 0.3) is 0 Å². The number of halogens is 1. The molecule has 0 unspecified atom stereocenters. The summed E-state index contributed by atoms with van der Waals surface area (Å²) in [4.78, 5) is 35.7. The summed E-state index contributed by atoms with van der Waals surface area (Å²) in [6.07, 6.45) is 3.35. The Hall–Kier alpha value is -3.02. The van der Waals surface area contributed by atoms with Crippen molar-refractivity contribution in [2.75, 3.05) is 11.9 Å². The number of benzene rings is 2. The number of Topliss-reactive ketones (excluding diaryl/α,β-unsaturated/α-hetero) is 1. The molecule has 0 atom stereocenters. The molecule has 0 saturated carbocycles. The number of esters is 1. The van der Waals surface area contributed by atoms with Crippen molar-refractivity contribution >= 4 is 23.3 Å². The summed E-state index contributed by atoms with van der Waals surface area (Å²) in [5.41, 5.74) is 0.711. The van der Waals surface area contributed by atoms with Gasteiger partial charge in [0.15, 0.2) is 12.4 Å². The monoisotopic (exact) mass is 371 g/mol. The number of hydrogen-bond donors (Lipinski definition) is 1. The molecular weight excluding hydrogens is 349 g/mol. The van der Waals surface area contributed by atoms with Crippen LogP contribution in [-0.4, -0.2) is 24.3 Å². The van der Waals surface area contributed by atoms with E-state index in [2.05, 4.69) is 12.2 Å². The fourth-order valence-corrected chi connectivity index (χ4v) is 2.42. The predicted octanol–water partition coefficient (Wildman–Crippen LogP) is 4.38. The van der Waals surface area contributed by atoms with E-state index in [1.807, 2.05) is 0 Å². The Kier molecular flexibility index (Phi) is 7.67. The van der Waals surface area contributed by atoms with Gasteiger partial charge in [-0.05, 0) is 42.8 Å². The van der Waals surface area contributed by atoms with E-state index in [1.165, 1.54) is 18.2 Å². The third-order valence-electron chi connectivity index (χ3n) is 3.93. The standard InChI is InChI=1S/C21H22FNO4/c1-2-3-4-9-20(25)23-16-12-10-15(11-13-16)19(24)14-27-21(26)17-7-5-6-8-18(17)22/h5-8,10-13H,2-4,9,14H2,1H3,(H,23,25). The van der Waals surface area contributed by atoms with Crippen molar-refractivity contribution < 1.29 is 23.5 Å². The van der Waals surface area contributed by atoms with E-state index in [4.69, 9.17) is 4.74 Å². The highest BCUT2D eigenvalue weighted by atomic mass is 19.1. The smallest absolute Gasteiger partial charge is 0.341 e. The molecule has 0 aliphatic rings. The molecule has 142 valence electrons. The molecule has 2 aromatic carbocycles. The quantitative estimate of drug-likeness (QED) is 0.403. The zero-order chi connectivity index (χ0) is 19.6. The van der Waals surface area contributed by atoms with E-state index in [1.54, 1.807) is 24.3 Å². The van der Waals surface area contributed by atoms with Crippen LogP contribution in [0.5, 0.6) is 0 Å². The zero-order valence-electron chi connectivity index (χ0n) is 15.2. The largest absolute Gasteiger partial charge is 0.454 e. The third kappa shape index (κ3) is 6.33. The Bertz CT molecular complexity index is 802. The van der Waals surface area contributed by atoms with Crippen LogP contribution < -0.4 is 5.32 Å².